The molecular formula is C18H18N4O. The Morgan fingerprint density at radius 1 is 1.22 bits per heavy atom. The maximum atomic E-state index is 12.0. The minimum absolute atomic E-state index is 0.149. The molecule has 3 rings (SSSR count). The molecule has 0 spiro atoms. The minimum atomic E-state index is -0.149. The van der Waals surface area contributed by atoms with Gasteiger partial charge in [0.1, 0.15) is 6.33 Å². The van der Waals surface area contributed by atoms with Gasteiger partial charge in [0.05, 0.1) is 6.54 Å². The van der Waals surface area contributed by atoms with E-state index in [-0.39, 0.29) is 5.91 Å². The lowest BCUT2D eigenvalue weighted by atomic mass is 10.0. The van der Waals surface area contributed by atoms with E-state index < -0.39 is 0 Å². The first-order valence-electron chi connectivity index (χ1n) is 7.58. The zero-order valence-electron chi connectivity index (χ0n) is 12.9. The second-order valence-electron chi connectivity index (χ2n) is 5.15. The lowest BCUT2D eigenvalue weighted by Crippen LogP contribution is -2.22. The van der Waals surface area contributed by atoms with Crippen molar-refractivity contribution in [1.82, 2.24) is 20.1 Å². The molecule has 23 heavy (non-hydrogen) atoms. The predicted octanol–water partition coefficient (Wildman–Crippen LogP) is 2.78. The van der Waals surface area contributed by atoms with E-state index in [4.69, 9.17) is 0 Å². The van der Waals surface area contributed by atoms with E-state index in [9.17, 15) is 4.79 Å². The quantitative estimate of drug-likeness (QED) is 0.737. The fraction of sp³-hybridized carbons (Fsp3) is 0.167. The Hall–Kier alpha value is -2.95. The second-order valence-corrected chi connectivity index (χ2v) is 5.15. The SMILES string of the molecule is CCn1cnnc1CNC(=O)/C=C/c1cccc2ccccc12. The number of nitrogens with one attached hydrogen (secondary N) is 1. The normalized spacial score (nSPS) is 11.2. The second kappa shape index (κ2) is 6.87. The molecule has 1 aromatic heterocycles. The molecule has 0 fully saturated rings. The van der Waals surface area contributed by atoms with E-state index in [1.165, 1.54) is 0 Å². The van der Waals surface area contributed by atoms with Gasteiger partial charge >= 0.3 is 0 Å². The molecular weight excluding hydrogens is 288 g/mol. The van der Waals surface area contributed by atoms with E-state index in [0.717, 1.165) is 28.7 Å². The molecule has 5 heteroatoms. The fourth-order valence-corrected chi connectivity index (χ4v) is 2.47. The van der Waals surface area contributed by atoms with E-state index in [0.29, 0.717) is 6.54 Å². The number of hydrogen-bond acceptors (Lipinski definition) is 3. The number of rotatable bonds is 5. The maximum absolute atomic E-state index is 12.0. The Kier molecular flexibility index (Phi) is 4.47. The van der Waals surface area contributed by atoms with Crippen molar-refractivity contribution in [3.63, 3.8) is 0 Å². The van der Waals surface area contributed by atoms with Gasteiger partial charge in [0.2, 0.25) is 5.91 Å². The predicted molar refractivity (Wildman–Crippen MR) is 90.5 cm³/mol. The molecule has 0 atom stereocenters. The van der Waals surface area contributed by atoms with Crippen molar-refractivity contribution in [3.05, 3.63) is 66.3 Å². The van der Waals surface area contributed by atoms with Gasteiger partial charge in [0.15, 0.2) is 5.82 Å². The Labute approximate surface area is 134 Å². The van der Waals surface area contributed by atoms with Crippen LogP contribution in [0.25, 0.3) is 16.8 Å². The van der Waals surface area contributed by atoms with Crippen LogP contribution in [0, 0.1) is 0 Å². The number of amides is 1. The van der Waals surface area contributed by atoms with Gasteiger partial charge in [0, 0.05) is 12.6 Å². The van der Waals surface area contributed by atoms with Gasteiger partial charge in [-0.25, -0.2) is 0 Å². The highest BCUT2D eigenvalue weighted by Gasteiger charge is 2.04. The molecule has 0 saturated heterocycles. The van der Waals surface area contributed by atoms with Crippen LogP contribution in [-0.4, -0.2) is 20.7 Å². The van der Waals surface area contributed by atoms with Crippen molar-refractivity contribution in [2.24, 2.45) is 0 Å². The first kappa shape index (κ1) is 15.0. The van der Waals surface area contributed by atoms with E-state index >= 15 is 0 Å². The molecule has 0 unspecified atom stereocenters. The number of carbonyl (C=O) groups is 1. The molecule has 0 bridgehead atoms. The molecule has 1 amide bonds. The monoisotopic (exact) mass is 306 g/mol. The van der Waals surface area contributed by atoms with Crippen molar-refractivity contribution < 1.29 is 4.79 Å². The van der Waals surface area contributed by atoms with Crippen LogP contribution in [0.2, 0.25) is 0 Å². The fourth-order valence-electron chi connectivity index (χ4n) is 2.47. The lowest BCUT2D eigenvalue weighted by molar-refractivity contribution is -0.116. The number of benzene rings is 2. The zero-order valence-corrected chi connectivity index (χ0v) is 12.9. The highest BCUT2D eigenvalue weighted by molar-refractivity contribution is 5.96. The Morgan fingerprint density at radius 2 is 2.04 bits per heavy atom. The first-order valence-corrected chi connectivity index (χ1v) is 7.58. The Balaban J connectivity index is 1.68. The summed E-state index contributed by atoms with van der Waals surface area (Å²) in [5.41, 5.74) is 1.02. The van der Waals surface area contributed by atoms with Crippen LogP contribution in [-0.2, 0) is 17.9 Å². The number of aromatic nitrogens is 3. The van der Waals surface area contributed by atoms with Crippen LogP contribution in [0.15, 0.2) is 54.9 Å². The molecule has 0 saturated carbocycles. The third kappa shape index (κ3) is 3.45. The summed E-state index contributed by atoms with van der Waals surface area (Å²) in [5, 5.41) is 13.0. The third-order valence-electron chi connectivity index (χ3n) is 3.69. The maximum Gasteiger partial charge on any atom is 0.244 e. The summed E-state index contributed by atoms with van der Waals surface area (Å²) in [6.45, 7) is 3.16. The number of carbonyl (C=O) groups excluding carboxylic acids is 1. The molecule has 1 N–H and O–H groups in total. The lowest BCUT2D eigenvalue weighted by Gasteiger charge is -2.04. The Bertz CT molecular complexity index is 846. The van der Waals surface area contributed by atoms with Crippen molar-refractivity contribution in [2.45, 2.75) is 20.0 Å². The smallest absolute Gasteiger partial charge is 0.244 e. The molecule has 0 aliphatic carbocycles. The van der Waals surface area contributed by atoms with E-state index in [1.807, 2.05) is 41.8 Å². The minimum Gasteiger partial charge on any atom is -0.345 e. The van der Waals surface area contributed by atoms with Gasteiger partial charge in [-0.2, -0.15) is 0 Å². The van der Waals surface area contributed by atoms with Crippen LogP contribution >= 0.6 is 0 Å². The van der Waals surface area contributed by atoms with Gasteiger partial charge in [-0.1, -0.05) is 42.5 Å². The summed E-state index contributed by atoms with van der Waals surface area (Å²) < 4.78 is 1.90. The van der Waals surface area contributed by atoms with Crippen molar-refractivity contribution in [2.75, 3.05) is 0 Å². The number of nitrogens with zero attached hydrogens (tertiary/aromatic N) is 3. The summed E-state index contributed by atoms with van der Waals surface area (Å²) in [4.78, 5) is 12.0. The number of hydrogen-bond donors (Lipinski definition) is 1. The van der Waals surface area contributed by atoms with Crippen LogP contribution in [0.1, 0.15) is 18.3 Å². The summed E-state index contributed by atoms with van der Waals surface area (Å²) in [6, 6.07) is 14.2. The number of aryl methyl sites for hydroxylation is 1. The number of fused-ring (bicyclic) bond motifs is 1. The molecule has 2 aromatic carbocycles. The summed E-state index contributed by atoms with van der Waals surface area (Å²) in [5.74, 6) is 0.600. The van der Waals surface area contributed by atoms with Gasteiger partial charge < -0.3 is 9.88 Å². The average molecular weight is 306 g/mol. The average Bonchev–Trinajstić information content (AvgIpc) is 3.05. The van der Waals surface area contributed by atoms with Gasteiger partial charge in [0.25, 0.3) is 0 Å². The summed E-state index contributed by atoms with van der Waals surface area (Å²) in [6.07, 6.45) is 5.05. The molecule has 0 radical (unpaired) electrons. The van der Waals surface area contributed by atoms with E-state index in [1.54, 1.807) is 12.4 Å². The highest BCUT2D eigenvalue weighted by atomic mass is 16.1. The van der Waals surface area contributed by atoms with Gasteiger partial charge in [-0.3, -0.25) is 4.79 Å². The van der Waals surface area contributed by atoms with E-state index in [2.05, 4.69) is 33.7 Å². The van der Waals surface area contributed by atoms with Crippen molar-refractivity contribution in [3.8, 4) is 0 Å². The molecule has 116 valence electrons. The van der Waals surface area contributed by atoms with Crippen LogP contribution < -0.4 is 5.32 Å². The molecule has 3 aromatic rings. The molecule has 0 aliphatic heterocycles. The summed E-state index contributed by atoms with van der Waals surface area (Å²) in [7, 11) is 0. The molecule has 1 heterocycles. The molecule has 5 nitrogen and oxygen atoms in total. The first-order chi connectivity index (χ1) is 11.3. The van der Waals surface area contributed by atoms with Crippen molar-refractivity contribution in [1.29, 1.82) is 0 Å². The Morgan fingerprint density at radius 3 is 2.91 bits per heavy atom. The molecule has 0 aliphatic rings. The van der Waals surface area contributed by atoms with Crippen LogP contribution in [0.3, 0.4) is 0 Å². The highest BCUT2D eigenvalue weighted by Crippen LogP contribution is 2.19. The largest absolute Gasteiger partial charge is 0.345 e. The standard InChI is InChI=1S/C18H18N4O/c1-2-22-13-20-21-17(22)12-19-18(23)11-10-15-8-5-7-14-6-3-4-9-16(14)15/h3-11,13H,2,12H2,1H3,(H,19,23)/b11-10+. The van der Waals surface area contributed by atoms with Crippen LogP contribution in [0.5, 0.6) is 0 Å². The van der Waals surface area contributed by atoms with Gasteiger partial charge in [-0.05, 0) is 29.3 Å². The topological polar surface area (TPSA) is 59.8 Å². The van der Waals surface area contributed by atoms with Crippen molar-refractivity contribution >= 4 is 22.8 Å². The zero-order chi connectivity index (χ0) is 16.1. The van der Waals surface area contributed by atoms with Crippen LogP contribution in [0.4, 0.5) is 0 Å². The van der Waals surface area contributed by atoms with Gasteiger partial charge in [-0.15, -0.1) is 10.2 Å². The third-order valence-corrected chi connectivity index (χ3v) is 3.69. The summed E-state index contributed by atoms with van der Waals surface area (Å²) >= 11 is 0.